The molecule has 0 spiro atoms. The zero-order valence-electron chi connectivity index (χ0n) is 14.1. The van der Waals surface area contributed by atoms with Gasteiger partial charge in [0.2, 0.25) is 0 Å². The van der Waals surface area contributed by atoms with E-state index in [4.69, 9.17) is 16.3 Å². The van der Waals surface area contributed by atoms with Crippen molar-refractivity contribution in [1.29, 1.82) is 0 Å². The smallest absolute Gasteiger partial charge is 0.176 e. The molecule has 1 aromatic carbocycles. The largest absolute Gasteiger partial charge is 0.503 e. The molecule has 1 aromatic rings. The molecule has 0 aliphatic carbocycles. The monoisotopic (exact) mass is 342 g/mol. The number of aliphatic hydroxyl groups excluding tert-OH is 1. The van der Waals surface area contributed by atoms with Crippen LogP contribution in [0.3, 0.4) is 0 Å². The molecule has 2 atom stereocenters. The van der Waals surface area contributed by atoms with Gasteiger partial charge >= 0.3 is 0 Å². The van der Waals surface area contributed by atoms with E-state index < -0.39 is 0 Å². The van der Waals surface area contributed by atoms with Crippen LogP contribution in [-0.2, 0) is 0 Å². The zero-order valence-corrected chi connectivity index (χ0v) is 14.9. The van der Waals surface area contributed by atoms with Crippen LogP contribution in [0.2, 0.25) is 5.02 Å². The number of hydrogen-bond donors (Lipinski definition) is 2. The van der Waals surface area contributed by atoms with Crippen molar-refractivity contribution in [2.24, 2.45) is 0 Å². The number of hydrogen-bond acceptors (Lipinski definition) is 5. The van der Waals surface area contributed by atoms with Gasteiger partial charge in [0.25, 0.3) is 0 Å². The van der Waals surface area contributed by atoms with Gasteiger partial charge in [0.15, 0.2) is 11.5 Å². The van der Waals surface area contributed by atoms with Crippen LogP contribution in [0.15, 0.2) is 12.1 Å². The van der Waals surface area contributed by atoms with Crippen LogP contribution >= 0.6 is 11.6 Å². The summed E-state index contributed by atoms with van der Waals surface area (Å²) in [6, 6.07) is 3.69. The first-order valence-electron chi connectivity index (χ1n) is 8.25. The van der Waals surface area contributed by atoms with Gasteiger partial charge in [0.1, 0.15) is 0 Å². The summed E-state index contributed by atoms with van der Waals surface area (Å²) in [5, 5.41) is 20.2. The highest BCUT2D eigenvalue weighted by Gasteiger charge is 2.30. The van der Waals surface area contributed by atoms with E-state index in [1.54, 1.807) is 12.1 Å². The second-order valence-electron chi connectivity index (χ2n) is 5.96. The molecule has 0 amide bonds. The van der Waals surface area contributed by atoms with E-state index in [0.717, 1.165) is 31.7 Å². The molecule has 6 heteroatoms. The molecule has 23 heavy (non-hydrogen) atoms. The molecule has 2 unspecified atom stereocenters. The number of phenols is 1. The van der Waals surface area contributed by atoms with Crippen molar-refractivity contribution in [2.45, 2.75) is 32.9 Å². The molecule has 1 saturated heterocycles. The summed E-state index contributed by atoms with van der Waals surface area (Å²) in [4.78, 5) is 4.70. The summed E-state index contributed by atoms with van der Waals surface area (Å²) < 4.78 is 5.46. The van der Waals surface area contributed by atoms with E-state index in [2.05, 4.69) is 23.6 Å². The fourth-order valence-corrected chi connectivity index (χ4v) is 3.47. The van der Waals surface area contributed by atoms with Crippen molar-refractivity contribution in [3.63, 3.8) is 0 Å². The highest BCUT2D eigenvalue weighted by Crippen LogP contribution is 2.38. The van der Waals surface area contributed by atoms with Crippen LogP contribution in [0.4, 0.5) is 0 Å². The van der Waals surface area contributed by atoms with Gasteiger partial charge in [-0.25, -0.2) is 0 Å². The molecule has 0 aromatic heterocycles. The first kappa shape index (κ1) is 18.3. The van der Waals surface area contributed by atoms with Crippen molar-refractivity contribution in [2.75, 3.05) is 39.4 Å². The molecule has 1 fully saturated rings. The second-order valence-corrected chi connectivity index (χ2v) is 6.37. The lowest BCUT2D eigenvalue weighted by Crippen LogP contribution is -2.53. The number of aromatic hydroxyl groups is 1. The van der Waals surface area contributed by atoms with Gasteiger partial charge in [-0.1, -0.05) is 18.5 Å². The van der Waals surface area contributed by atoms with Crippen molar-refractivity contribution in [3.05, 3.63) is 22.7 Å². The Bertz CT molecular complexity index is 527. The number of rotatable bonds is 6. The summed E-state index contributed by atoms with van der Waals surface area (Å²) in [5.41, 5.74) is 0.871. The molecule has 2 N–H and O–H groups in total. The van der Waals surface area contributed by atoms with E-state index in [0.29, 0.717) is 18.4 Å². The maximum atomic E-state index is 10.00. The lowest BCUT2D eigenvalue weighted by atomic mass is 10.0. The number of nitrogens with zero attached hydrogens (tertiary/aromatic N) is 2. The molecule has 1 heterocycles. The fraction of sp³-hybridized carbons (Fsp3) is 0.647. The van der Waals surface area contributed by atoms with Gasteiger partial charge in [-0.15, -0.1) is 0 Å². The van der Waals surface area contributed by atoms with Gasteiger partial charge in [0, 0.05) is 25.7 Å². The average Bonchev–Trinajstić information content (AvgIpc) is 2.54. The van der Waals surface area contributed by atoms with Crippen molar-refractivity contribution in [3.8, 4) is 11.5 Å². The topological polar surface area (TPSA) is 56.2 Å². The molecular weight excluding hydrogens is 316 g/mol. The minimum absolute atomic E-state index is 0.00311. The Morgan fingerprint density at radius 2 is 2.09 bits per heavy atom. The van der Waals surface area contributed by atoms with Gasteiger partial charge in [0.05, 0.1) is 24.3 Å². The third-order valence-corrected chi connectivity index (χ3v) is 4.81. The lowest BCUT2D eigenvalue weighted by Gasteiger charge is -2.43. The van der Waals surface area contributed by atoms with Gasteiger partial charge in [-0.05, 0) is 38.1 Å². The number of benzene rings is 1. The predicted octanol–water partition coefficient (Wildman–Crippen LogP) is 2.50. The summed E-state index contributed by atoms with van der Waals surface area (Å²) in [7, 11) is 0. The van der Waals surface area contributed by atoms with E-state index in [-0.39, 0.29) is 23.4 Å². The number of likely N-dealkylation sites (N-methyl/N-ethyl adjacent to an activating group) is 1. The lowest BCUT2D eigenvalue weighted by molar-refractivity contribution is 0.0270. The summed E-state index contributed by atoms with van der Waals surface area (Å²) in [6.45, 7) is 10.6. The maximum absolute atomic E-state index is 10.00. The molecule has 0 bridgehead atoms. The summed E-state index contributed by atoms with van der Waals surface area (Å²) in [5.74, 6) is 0.325. The standard InChI is InChI=1S/C17H27ClN2O3/c1-4-19-6-7-20(12(3)10-19)15(11-21)13-8-14(18)17(22)16(9-13)23-5-2/h8-9,12,15,21-22H,4-7,10-11H2,1-3H3. The van der Waals surface area contributed by atoms with Gasteiger partial charge in [-0.3, -0.25) is 4.90 Å². The SMILES string of the molecule is CCOc1cc(C(CO)N2CCN(CC)CC2C)cc(Cl)c1O. The molecule has 1 aliphatic heterocycles. The quantitative estimate of drug-likeness (QED) is 0.832. The van der Waals surface area contributed by atoms with Crippen LogP contribution in [-0.4, -0.2) is 65.4 Å². The molecule has 130 valence electrons. The summed E-state index contributed by atoms with van der Waals surface area (Å²) >= 11 is 6.14. The van der Waals surface area contributed by atoms with E-state index >= 15 is 0 Å². The van der Waals surface area contributed by atoms with E-state index in [1.807, 2.05) is 6.92 Å². The Labute approximate surface area is 143 Å². The number of aliphatic hydroxyl groups is 1. The van der Waals surface area contributed by atoms with Crippen LogP contribution in [0.5, 0.6) is 11.5 Å². The van der Waals surface area contributed by atoms with Crippen molar-refractivity contribution >= 4 is 11.6 Å². The van der Waals surface area contributed by atoms with E-state index in [9.17, 15) is 10.2 Å². The Hall–Kier alpha value is -1.01. The van der Waals surface area contributed by atoms with Crippen LogP contribution < -0.4 is 4.74 Å². The number of piperazine rings is 1. The number of halogens is 1. The molecular formula is C17H27ClN2O3. The van der Waals surface area contributed by atoms with Crippen LogP contribution in [0.25, 0.3) is 0 Å². The van der Waals surface area contributed by atoms with Gasteiger partial charge in [-0.2, -0.15) is 0 Å². The first-order valence-corrected chi connectivity index (χ1v) is 8.63. The average molecular weight is 343 g/mol. The van der Waals surface area contributed by atoms with Crippen LogP contribution in [0.1, 0.15) is 32.4 Å². The third kappa shape index (κ3) is 4.10. The Balaban J connectivity index is 2.27. The minimum Gasteiger partial charge on any atom is -0.503 e. The van der Waals surface area contributed by atoms with Crippen molar-refractivity contribution in [1.82, 2.24) is 9.80 Å². The normalized spacial score (nSPS) is 21.3. The van der Waals surface area contributed by atoms with Crippen molar-refractivity contribution < 1.29 is 14.9 Å². The predicted molar refractivity (Wildman–Crippen MR) is 92.4 cm³/mol. The molecule has 2 rings (SSSR count). The fourth-order valence-electron chi connectivity index (χ4n) is 3.25. The Kier molecular flexibility index (Phi) is 6.53. The zero-order chi connectivity index (χ0) is 17.0. The highest BCUT2D eigenvalue weighted by atomic mass is 35.5. The van der Waals surface area contributed by atoms with E-state index in [1.165, 1.54) is 0 Å². The Morgan fingerprint density at radius 3 is 2.65 bits per heavy atom. The Morgan fingerprint density at radius 1 is 1.35 bits per heavy atom. The molecule has 0 saturated carbocycles. The van der Waals surface area contributed by atoms with Gasteiger partial charge < -0.3 is 19.8 Å². The number of phenolic OH excluding ortho intramolecular Hbond substituents is 1. The minimum atomic E-state index is -0.152. The first-order chi connectivity index (χ1) is 11.0. The maximum Gasteiger partial charge on any atom is 0.176 e. The van der Waals surface area contributed by atoms with Crippen LogP contribution in [0, 0.1) is 0 Å². The number of ether oxygens (including phenoxy) is 1. The third-order valence-electron chi connectivity index (χ3n) is 4.52. The second kappa shape index (κ2) is 8.20. The molecule has 5 nitrogen and oxygen atoms in total. The highest BCUT2D eigenvalue weighted by molar-refractivity contribution is 6.32. The molecule has 0 radical (unpaired) electrons. The molecule has 1 aliphatic rings. The summed E-state index contributed by atoms with van der Waals surface area (Å²) in [6.07, 6.45) is 0.